The van der Waals surface area contributed by atoms with Gasteiger partial charge < -0.3 is 5.11 Å². The summed E-state index contributed by atoms with van der Waals surface area (Å²) in [5.74, 6) is -0.130. The first-order valence-corrected chi connectivity index (χ1v) is 5.12. The highest BCUT2D eigenvalue weighted by molar-refractivity contribution is 7.99. The Morgan fingerprint density at radius 3 is 2.50 bits per heavy atom. The SMILES string of the molecule is C=CCC(SC)C(=O)C(C)(C)O. The lowest BCUT2D eigenvalue weighted by Crippen LogP contribution is -2.38. The van der Waals surface area contributed by atoms with Crippen molar-refractivity contribution in [3.63, 3.8) is 0 Å². The largest absolute Gasteiger partial charge is 0.383 e. The predicted octanol–water partition coefficient (Wildman–Crippen LogP) is 1.63. The lowest BCUT2D eigenvalue weighted by atomic mass is 9.99. The average molecular weight is 188 g/mol. The van der Waals surface area contributed by atoms with Crippen LogP contribution in [0.4, 0.5) is 0 Å². The van der Waals surface area contributed by atoms with E-state index in [0.29, 0.717) is 6.42 Å². The second kappa shape index (κ2) is 4.67. The number of aliphatic hydroxyl groups is 1. The highest BCUT2D eigenvalue weighted by Gasteiger charge is 2.29. The molecule has 12 heavy (non-hydrogen) atoms. The summed E-state index contributed by atoms with van der Waals surface area (Å²) in [6, 6.07) is 0. The fourth-order valence-corrected chi connectivity index (χ4v) is 1.69. The molecule has 0 radical (unpaired) electrons. The molecule has 0 saturated heterocycles. The zero-order chi connectivity index (χ0) is 9.78. The van der Waals surface area contributed by atoms with Gasteiger partial charge in [0.2, 0.25) is 0 Å². The van der Waals surface area contributed by atoms with Crippen LogP contribution in [0.25, 0.3) is 0 Å². The zero-order valence-corrected chi connectivity index (χ0v) is 8.65. The first kappa shape index (κ1) is 11.7. The molecule has 0 bridgehead atoms. The number of Topliss-reactive ketones (excluding diaryl/α,β-unsaturated/α-hetero) is 1. The Morgan fingerprint density at radius 2 is 2.25 bits per heavy atom. The van der Waals surface area contributed by atoms with E-state index in [9.17, 15) is 9.90 Å². The molecule has 0 aromatic heterocycles. The highest BCUT2D eigenvalue weighted by Crippen LogP contribution is 2.19. The van der Waals surface area contributed by atoms with Crippen molar-refractivity contribution in [1.29, 1.82) is 0 Å². The molecule has 0 aliphatic heterocycles. The molecule has 0 heterocycles. The summed E-state index contributed by atoms with van der Waals surface area (Å²) in [6.45, 7) is 6.60. The molecule has 1 atom stereocenters. The summed E-state index contributed by atoms with van der Waals surface area (Å²) >= 11 is 1.45. The van der Waals surface area contributed by atoms with Gasteiger partial charge in [-0.15, -0.1) is 6.58 Å². The quantitative estimate of drug-likeness (QED) is 0.666. The van der Waals surface area contributed by atoms with E-state index in [1.165, 1.54) is 25.6 Å². The smallest absolute Gasteiger partial charge is 0.176 e. The molecular weight excluding hydrogens is 172 g/mol. The monoisotopic (exact) mass is 188 g/mol. The Bertz CT molecular complexity index is 170. The van der Waals surface area contributed by atoms with E-state index >= 15 is 0 Å². The average Bonchev–Trinajstić information content (AvgIpc) is 1.97. The molecule has 0 amide bonds. The van der Waals surface area contributed by atoms with Crippen molar-refractivity contribution in [3.8, 4) is 0 Å². The predicted molar refractivity (Wildman–Crippen MR) is 53.4 cm³/mol. The fourth-order valence-electron chi connectivity index (χ4n) is 0.856. The molecule has 3 heteroatoms. The molecule has 0 aliphatic rings. The van der Waals surface area contributed by atoms with E-state index < -0.39 is 5.60 Å². The van der Waals surface area contributed by atoms with E-state index in [0.717, 1.165) is 0 Å². The van der Waals surface area contributed by atoms with Crippen LogP contribution in [-0.4, -0.2) is 28.0 Å². The standard InChI is InChI=1S/C9H16O2S/c1-5-6-7(12-4)8(10)9(2,3)11/h5,7,11H,1,6H2,2-4H3. The summed E-state index contributed by atoms with van der Waals surface area (Å²) in [5.41, 5.74) is -1.23. The number of ketones is 1. The number of allylic oxidation sites excluding steroid dienone is 1. The van der Waals surface area contributed by atoms with Gasteiger partial charge in [0.15, 0.2) is 5.78 Å². The van der Waals surface area contributed by atoms with Crippen LogP contribution in [-0.2, 0) is 4.79 Å². The van der Waals surface area contributed by atoms with Gasteiger partial charge in [0.05, 0.1) is 5.25 Å². The maximum Gasteiger partial charge on any atom is 0.176 e. The van der Waals surface area contributed by atoms with Crippen LogP contribution in [0.2, 0.25) is 0 Å². The maximum atomic E-state index is 11.5. The normalized spacial score (nSPS) is 14.0. The molecule has 0 spiro atoms. The number of carbonyl (C=O) groups excluding carboxylic acids is 1. The molecule has 0 aliphatic carbocycles. The Balaban J connectivity index is 4.31. The minimum Gasteiger partial charge on any atom is -0.383 e. The number of thioether (sulfide) groups is 1. The summed E-state index contributed by atoms with van der Waals surface area (Å²) in [7, 11) is 0. The van der Waals surface area contributed by atoms with Crippen LogP contribution >= 0.6 is 11.8 Å². The summed E-state index contributed by atoms with van der Waals surface area (Å²) in [6.07, 6.45) is 4.17. The van der Waals surface area contributed by atoms with Crippen molar-refractivity contribution in [2.75, 3.05) is 6.26 Å². The molecule has 0 saturated carbocycles. The third-order valence-electron chi connectivity index (χ3n) is 1.56. The van der Waals surface area contributed by atoms with Crippen molar-refractivity contribution >= 4 is 17.5 Å². The molecule has 0 aromatic carbocycles. The number of hydrogen-bond donors (Lipinski definition) is 1. The number of hydrogen-bond acceptors (Lipinski definition) is 3. The maximum absolute atomic E-state index is 11.5. The van der Waals surface area contributed by atoms with Gasteiger partial charge in [-0.05, 0) is 26.5 Å². The van der Waals surface area contributed by atoms with Crippen LogP contribution in [0, 0.1) is 0 Å². The van der Waals surface area contributed by atoms with Gasteiger partial charge >= 0.3 is 0 Å². The number of carbonyl (C=O) groups is 1. The molecule has 1 N–H and O–H groups in total. The van der Waals surface area contributed by atoms with Crippen molar-refractivity contribution in [3.05, 3.63) is 12.7 Å². The van der Waals surface area contributed by atoms with Crippen molar-refractivity contribution in [2.45, 2.75) is 31.1 Å². The molecular formula is C9H16O2S. The lowest BCUT2D eigenvalue weighted by molar-refractivity contribution is -0.133. The first-order chi connectivity index (χ1) is 5.43. The molecule has 2 nitrogen and oxygen atoms in total. The van der Waals surface area contributed by atoms with Gasteiger partial charge in [0, 0.05) is 0 Å². The van der Waals surface area contributed by atoms with E-state index in [1.54, 1.807) is 6.08 Å². The van der Waals surface area contributed by atoms with E-state index in [-0.39, 0.29) is 11.0 Å². The van der Waals surface area contributed by atoms with Gasteiger partial charge in [-0.1, -0.05) is 6.08 Å². The Labute approximate surface area is 78.0 Å². The van der Waals surface area contributed by atoms with Gasteiger partial charge in [-0.3, -0.25) is 4.79 Å². The third-order valence-corrected chi connectivity index (χ3v) is 2.54. The molecule has 0 aromatic rings. The molecule has 0 fully saturated rings. The summed E-state index contributed by atoms with van der Waals surface area (Å²) in [4.78, 5) is 11.5. The first-order valence-electron chi connectivity index (χ1n) is 3.84. The Kier molecular flexibility index (Phi) is 4.57. The second-order valence-corrected chi connectivity index (χ2v) is 4.21. The van der Waals surface area contributed by atoms with Crippen molar-refractivity contribution in [1.82, 2.24) is 0 Å². The van der Waals surface area contributed by atoms with Crippen LogP contribution in [0.15, 0.2) is 12.7 Å². The van der Waals surface area contributed by atoms with Gasteiger partial charge in [0.1, 0.15) is 5.60 Å². The molecule has 1 unspecified atom stereocenters. The van der Waals surface area contributed by atoms with E-state index in [1.807, 2.05) is 6.26 Å². The van der Waals surface area contributed by atoms with Crippen molar-refractivity contribution < 1.29 is 9.90 Å². The van der Waals surface area contributed by atoms with E-state index in [4.69, 9.17) is 0 Å². The Morgan fingerprint density at radius 1 is 1.75 bits per heavy atom. The summed E-state index contributed by atoms with van der Waals surface area (Å²) in [5, 5.41) is 9.25. The van der Waals surface area contributed by atoms with Gasteiger partial charge in [-0.2, -0.15) is 11.8 Å². The zero-order valence-electron chi connectivity index (χ0n) is 7.83. The van der Waals surface area contributed by atoms with Gasteiger partial charge in [-0.25, -0.2) is 0 Å². The third kappa shape index (κ3) is 3.41. The Hall–Kier alpha value is -0.280. The van der Waals surface area contributed by atoms with Crippen LogP contribution < -0.4 is 0 Å². The fraction of sp³-hybridized carbons (Fsp3) is 0.667. The van der Waals surface area contributed by atoms with Crippen molar-refractivity contribution in [2.24, 2.45) is 0 Å². The highest BCUT2D eigenvalue weighted by atomic mass is 32.2. The minimum atomic E-state index is -1.23. The van der Waals surface area contributed by atoms with Crippen LogP contribution in [0.1, 0.15) is 20.3 Å². The van der Waals surface area contributed by atoms with Crippen LogP contribution in [0.3, 0.4) is 0 Å². The molecule has 0 rings (SSSR count). The minimum absolute atomic E-state index is 0.130. The van der Waals surface area contributed by atoms with E-state index in [2.05, 4.69) is 6.58 Å². The topological polar surface area (TPSA) is 37.3 Å². The summed E-state index contributed by atoms with van der Waals surface area (Å²) < 4.78 is 0. The number of rotatable bonds is 5. The molecule has 70 valence electrons. The van der Waals surface area contributed by atoms with Gasteiger partial charge in [0.25, 0.3) is 0 Å². The second-order valence-electron chi connectivity index (χ2n) is 3.17. The lowest BCUT2D eigenvalue weighted by Gasteiger charge is -2.21. The van der Waals surface area contributed by atoms with Crippen LogP contribution in [0.5, 0.6) is 0 Å².